The first-order chi connectivity index (χ1) is 6.65. The summed E-state index contributed by atoms with van der Waals surface area (Å²) < 4.78 is 5.07. The highest BCUT2D eigenvalue weighted by Gasteiger charge is 2.03. The zero-order chi connectivity index (χ0) is 11.0. The summed E-state index contributed by atoms with van der Waals surface area (Å²) in [6, 6.07) is 0. The molecule has 0 saturated carbocycles. The summed E-state index contributed by atoms with van der Waals surface area (Å²) in [6.45, 7) is 9.52. The fourth-order valence-electron chi connectivity index (χ4n) is 0.861. The Morgan fingerprint density at radius 3 is 2.43 bits per heavy atom. The Balaban J connectivity index is 4.85. The highest BCUT2D eigenvalue weighted by atomic mass is 16.5. The van der Waals surface area contributed by atoms with Gasteiger partial charge in [0.25, 0.3) is 0 Å². The van der Waals surface area contributed by atoms with Crippen molar-refractivity contribution in [3.63, 3.8) is 0 Å². The number of methoxy groups -OCH3 is 1. The van der Waals surface area contributed by atoms with Crippen molar-refractivity contribution in [3.8, 4) is 0 Å². The van der Waals surface area contributed by atoms with E-state index in [0.717, 1.165) is 5.71 Å². The Labute approximate surface area is 85.9 Å². The minimum atomic E-state index is 0.324. The van der Waals surface area contributed by atoms with E-state index in [1.54, 1.807) is 13.3 Å². The first kappa shape index (κ1) is 12.6. The SMILES string of the molecule is C=C\N=C(/C=C(\N=C\C)OC)C(C)C. The van der Waals surface area contributed by atoms with Crippen molar-refractivity contribution in [2.24, 2.45) is 15.9 Å². The predicted octanol–water partition coefficient (Wildman–Crippen LogP) is 2.81. The van der Waals surface area contributed by atoms with Crippen molar-refractivity contribution >= 4 is 11.9 Å². The van der Waals surface area contributed by atoms with E-state index in [1.807, 2.05) is 13.0 Å². The monoisotopic (exact) mass is 194 g/mol. The van der Waals surface area contributed by atoms with Gasteiger partial charge in [0.1, 0.15) is 0 Å². The number of hydrogen-bond acceptors (Lipinski definition) is 3. The van der Waals surface area contributed by atoms with Gasteiger partial charge in [-0.25, -0.2) is 4.99 Å². The zero-order valence-corrected chi connectivity index (χ0v) is 9.32. The molecule has 0 radical (unpaired) electrons. The number of ether oxygens (including phenoxy) is 1. The summed E-state index contributed by atoms with van der Waals surface area (Å²) in [5.41, 5.74) is 0.905. The standard InChI is InChI=1S/C11H18N2O/c1-6-12-10(9(3)4)8-11(14-5)13-7-2/h6-9H,1H2,2-5H3/b11-8+,12-10+,13-7+. The number of rotatable bonds is 5. The van der Waals surface area contributed by atoms with E-state index >= 15 is 0 Å². The van der Waals surface area contributed by atoms with Crippen LogP contribution >= 0.6 is 0 Å². The van der Waals surface area contributed by atoms with Gasteiger partial charge in [-0.15, -0.1) is 0 Å². The van der Waals surface area contributed by atoms with Crippen molar-refractivity contribution in [2.75, 3.05) is 7.11 Å². The summed E-state index contributed by atoms with van der Waals surface area (Å²) >= 11 is 0. The maximum Gasteiger partial charge on any atom is 0.214 e. The predicted molar refractivity (Wildman–Crippen MR) is 61.7 cm³/mol. The second-order valence-corrected chi connectivity index (χ2v) is 2.97. The third kappa shape index (κ3) is 4.60. The van der Waals surface area contributed by atoms with Crippen LogP contribution in [0, 0.1) is 5.92 Å². The van der Waals surface area contributed by atoms with Crippen LogP contribution in [0.5, 0.6) is 0 Å². The first-order valence-corrected chi connectivity index (χ1v) is 4.58. The fraction of sp³-hybridized carbons (Fsp3) is 0.455. The lowest BCUT2D eigenvalue weighted by Gasteiger charge is -2.05. The fourth-order valence-corrected chi connectivity index (χ4v) is 0.861. The minimum absolute atomic E-state index is 0.324. The van der Waals surface area contributed by atoms with Crippen LogP contribution < -0.4 is 0 Å². The molecule has 0 aromatic rings. The maximum atomic E-state index is 5.07. The van der Waals surface area contributed by atoms with Crippen LogP contribution in [0.3, 0.4) is 0 Å². The summed E-state index contributed by atoms with van der Waals surface area (Å²) in [7, 11) is 1.59. The quantitative estimate of drug-likeness (QED) is 0.489. The van der Waals surface area contributed by atoms with Gasteiger partial charge in [0.2, 0.25) is 5.88 Å². The van der Waals surface area contributed by atoms with Crippen LogP contribution in [0.15, 0.2) is 34.7 Å². The third-order valence-electron chi connectivity index (χ3n) is 1.57. The number of allylic oxidation sites excluding steroid dienone is 1. The van der Waals surface area contributed by atoms with Crippen molar-refractivity contribution < 1.29 is 4.74 Å². The largest absolute Gasteiger partial charge is 0.481 e. The molecule has 0 heterocycles. The molecule has 0 fully saturated rings. The van der Waals surface area contributed by atoms with Gasteiger partial charge in [0.15, 0.2) is 0 Å². The molecule has 0 bridgehead atoms. The number of hydrogen-bond donors (Lipinski definition) is 0. The van der Waals surface area contributed by atoms with Crippen molar-refractivity contribution in [1.29, 1.82) is 0 Å². The summed E-state index contributed by atoms with van der Waals surface area (Å²) in [5, 5.41) is 0. The number of aliphatic imine (C=N–C) groups is 2. The van der Waals surface area contributed by atoms with E-state index in [-0.39, 0.29) is 0 Å². The molecular formula is C11H18N2O. The second kappa shape index (κ2) is 7.06. The Morgan fingerprint density at radius 1 is 1.43 bits per heavy atom. The zero-order valence-electron chi connectivity index (χ0n) is 9.32. The highest BCUT2D eigenvalue weighted by Crippen LogP contribution is 2.05. The summed E-state index contributed by atoms with van der Waals surface area (Å²) in [4.78, 5) is 8.19. The average molecular weight is 194 g/mol. The summed E-state index contributed by atoms with van der Waals surface area (Å²) in [6.07, 6.45) is 5.02. The Hall–Kier alpha value is -1.38. The van der Waals surface area contributed by atoms with Crippen LogP contribution in [0.25, 0.3) is 0 Å². The molecule has 78 valence electrons. The molecule has 0 unspecified atom stereocenters. The van der Waals surface area contributed by atoms with Gasteiger partial charge in [-0.3, -0.25) is 4.99 Å². The Morgan fingerprint density at radius 2 is 2.07 bits per heavy atom. The lowest BCUT2D eigenvalue weighted by molar-refractivity contribution is 0.289. The van der Waals surface area contributed by atoms with Crippen molar-refractivity contribution in [1.82, 2.24) is 0 Å². The van der Waals surface area contributed by atoms with E-state index < -0.39 is 0 Å². The normalized spacial score (nSPS) is 13.8. The topological polar surface area (TPSA) is 34.0 Å². The van der Waals surface area contributed by atoms with Gasteiger partial charge in [-0.1, -0.05) is 20.4 Å². The molecule has 0 saturated heterocycles. The lowest BCUT2D eigenvalue weighted by atomic mass is 10.1. The smallest absolute Gasteiger partial charge is 0.214 e. The average Bonchev–Trinajstić information content (AvgIpc) is 2.15. The molecule has 0 aliphatic rings. The van der Waals surface area contributed by atoms with Gasteiger partial charge < -0.3 is 4.74 Å². The maximum absolute atomic E-state index is 5.07. The molecule has 0 aliphatic carbocycles. The van der Waals surface area contributed by atoms with Crippen LogP contribution in [0.1, 0.15) is 20.8 Å². The third-order valence-corrected chi connectivity index (χ3v) is 1.57. The second-order valence-electron chi connectivity index (χ2n) is 2.97. The lowest BCUT2D eigenvalue weighted by Crippen LogP contribution is -2.04. The van der Waals surface area contributed by atoms with Crippen LogP contribution in [-0.4, -0.2) is 19.0 Å². The Kier molecular flexibility index (Phi) is 6.37. The van der Waals surface area contributed by atoms with Crippen LogP contribution in [-0.2, 0) is 4.74 Å². The Bertz CT molecular complexity index is 262. The van der Waals surface area contributed by atoms with Gasteiger partial charge in [-0.05, 0) is 12.8 Å². The minimum Gasteiger partial charge on any atom is -0.481 e. The molecule has 14 heavy (non-hydrogen) atoms. The molecule has 0 atom stereocenters. The van der Waals surface area contributed by atoms with E-state index in [4.69, 9.17) is 4.74 Å². The van der Waals surface area contributed by atoms with Gasteiger partial charge in [-0.2, -0.15) is 0 Å². The highest BCUT2D eigenvalue weighted by molar-refractivity contribution is 5.97. The molecule has 3 heteroatoms. The molecule has 0 rings (SSSR count). The van der Waals surface area contributed by atoms with E-state index in [1.165, 1.54) is 6.20 Å². The molecular weight excluding hydrogens is 176 g/mol. The van der Waals surface area contributed by atoms with Crippen molar-refractivity contribution in [3.05, 3.63) is 24.7 Å². The van der Waals surface area contributed by atoms with Crippen LogP contribution in [0.2, 0.25) is 0 Å². The molecule has 0 spiro atoms. The molecule has 0 aromatic carbocycles. The molecule has 3 nitrogen and oxygen atoms in total. The van der Waals surface area contributed by atoms with Gasteiger partial charge in [0, 0.05) is 24.2 Å². The van der Waals surface area contributed by atoms with E-state index in [9.17, 15) is 0 Å². The first-order valence-electron chi connectivity index (χ1n) is 4.58. The molecule has 0 N–H and O–H groups in total. The van der Waals surface area contributed by atoms with Gasteiger partial charge in [0.05, 0.1) is 7.11 Å². The van der Waals surface area contributed by atoms with E-state index in [0.29, 0.717) is 11.8 Å². The molecule has 0 aromatic heterocycles. The van der Waals surface area contributed by atoms with Crippen LogP contribution in [0.4, 0.5) is 0 Å². The van der Waals surface area contributed by atoms with E-state index in [2.05, 4.69) is 30.4 Å². The van der Waals surface area contributed by atoms with Gasteiger partial charge >= 0.3 is 0 Å². The molecule has 0 amide bonds. The molecule has 0 aliphatic heterocycles. The summed E-state index contributed by atoms with van der Waals surface area (Å²) in [5.74, 6) is 0.881. The number of nitrogens with zero attached hydrogens (tertiary/aromatic N) is 2. The van der Waals surface area contributed by atoms with Crippen molar-refractivity contribution in [2.45, 2.75) is 20.8 Å².